The zero-order valence-corrected chi connectivity index (χ0v) is 18.5. The molecule has 0 radical (unpaired) electrons. The molecule has 5 aromatic carbocycles. The summed E-state index contributed by atoms with van der Waals surface area (Å²) >= 11 is 0. The fraction of sp³-hybridized carbons (Fsp3) is 0. The molecule has 5 rings (SSSR count). The lowest BCUT2D eigenvalue weighted by Crippen LogP contribution is -2.08. The average molecular weight is 509 g/mol. The lowest BCUT2D eigenvalue weighted by molar-refractivity contribution is 0.476. The summed E-state index contributed by atoms with van der Waals surface area (Å²) in [5.41, 5.74) is 0. The zero-order valence-electron chi connectivity index (χ0n) is 16.1. The summed E-state index contributed by atoms with van der Waals surface area (Å²) in [6.07, 6.45) is 0. The quantitative estimate of drug-likeness (QED) is 0.160. The van der Waals surface area contributed by atoms with Gasteiger partial charge < -0.3 is 5.11 Å². The fourth-order valence-corrected chi connectivity index (χ4v) is 6.66. The second-order valence-electron chi connectivity index (χ2n) is 7.43. The second-order valence-corrected chi connectivity index (χ2v) is 11.6. The number of fused-ring (bicyclic) bond motifs is 2. The van der Waals surface area contributed by atoms with E-state index in [1.807, 2.05) is 0 Å². The summed E-state index contributed by atoms with van der Waals surface area (Å²) < 4.78 is 103. The van der Waals surface area contributed by atoms with Crippen LogP contribution < -0.4 is 0 Å². The van der Waals surface area contributed by atoms with Crippen molar-refractivity contribution in [2.45, 2.75) is 14.7 Å². The topological polar surface area (TPSA) is 183 Å². The third-order valence-corrected chi connectivity index (χ3v) is 8.19. The molecule has 0 aromatic heterocycles. The summed E-state index contributed by atoms with van der Waals surface area (Å²) in [5.74, 6) is -0.280. The van der Waals surface area contributed by atoms with Crippen LogP contribution in [0.25, 0.3) is 43.1 Å². The fourth-order valence-electron chi connectivity index (χ4n) is 4.42. The van der Waals surface area contributed by atoms with Gasteiger partial charge in [-0.2, -0.15) is 25.3 Å². The normalized spacial score (nSPS) is 13.5. The summed E-state index contributed by atoms with van der Waals surface area (Å²) in [6.45, 7) is 0. The molecule has 0 aliphatic carbocycles. The van der Waals surface area contributed by atoms with Gasteiger partial charge in [0, 0.05) is 21.5 Å². The van der Waals surface area contributed by atoms with Gasteiger partial charge in [0.25, 0.3) is 30.4 Å². The summed E-state index contributed by atoms with van der Waals surface area (Å²) in [6, 6.07) is 9.59. The number of benzene rings is 5. The van der Waals surface area contributed by atoms with Crippen molar-refractivity contribution in [3.05, 3.63) is 48.5 Å². The summed E-state index contributed by atoms with van der Waals surface area (Å²) in [5, 5.41) is 10.1. The Hall–Kier alpha value is -3.07. The van der Waals surface area contributed by atoms with E-state index in [0.29, 0.717) is 16.8 Å². The highest BCUT2D eigenvalue weighted by atomic mass is 32.2. The molecule has 33 heavy (non-hydrogen) atoms. The van der Waals surface area contributed by atoms with E-state index in [1.165, 1.54) is 24.3 Å². The third-order valence-electron chi connectivity index (χ3n) is 5.53. The van der Waals surface area contributed by atoms with E-state index in [1.54, 1.807) is 6.07 Å². The van der Waals surface area contributed by atoms with E-state index in [4.69, 9.17) is 0 Å². The van der Waals surface area contributed by atoms with Crippen molar-refractivity contribution in [1.82, 2.24) is 0 Å². The Kier molecular flexibility index (Phi) is 4.28. The van der Waals surface area contributed by atoms with Crippen molar-refractivity contribution in [3.8, 4) is 5.75 Å². The average Bonchev–Trinajstić information content (AvgIpc) is 2.67. The van der Waals surface area contributed by atoms with E-state index in [0.717, 1.165) is 12.1 Å². The van der Waals surface area contributed by atoms with Gasteiger partial charge in [-0.1, -0.05) is 24.3 Å². The van der Waals surface area contributed by atoms with E-state index < -0.39 is 45.0 Å². The number of aromatic hydroxyl groups is 1. The number of rotatable bonds is 3. The van der Waals surface area contributed by atoms with Crippen LogP contribution in [-0.4, -0.2) is 44.0 Å². The van der Waals surface area contributed by atoms with E-state index in [2.05, 4.69) is 0 Å². The predicted octanol–water partition coefficient (Wildman–Crippen LogP) is 3.18. The molecule has 0 fully saturated rings. The SMILES string of the molecule is O=S(=O)(O)c1cc(S(=O)(=O)O)c2c3cccc4cc(O)cc(c5c(S(=O)(=O)O)ccc1c25)c43. The molecule has 0 heterocycles. The first kappa shape index (κ1) is 21.8. The van der Waals surface area contributed by atoms with Crippen LogP contribution in [-0.2, 0) is 30.4 Å². The highest BCUT2D eigenvalue weighted by Gasteiger charge is 2.29. The highest BCUT2D eigenvalue weighted by Crippen LogP contribution is 2.47. The Morgan fingerprint density at radius 3 is 1.73 bits per heavy atom. The van der Waals surface area contributed by atoms with Crippen LogP contribution in [0.5, 0.6) is 5.75 Å². The lowest BCUT2D eigenvalue weighted by atomic mass is 9.89. The Labute approximate surface area is 186 Å². The van der Waals surface area contributed by atoms with E-state index in [-0.39, 0.29) is 38.1 Å². The molecule has 0 saturated carbocycles. The second kappa shape index (κ2) is 6.50. The van der Waals surface area contributed by atoms with Gasteiger partial charge in [0.15, 0.2) is 0 Å². The Bertz CT molecular complexity index is 1990. The Balaban J connectivity index is 2.35. The molecular formula is C20H12O10S3. The Morgan fingerprint density at radius 1 is 0.515 bits per heavy atom. The van der Waals surface area contributed by atoms with Crippen LogP contribution in [0.15, 0.2) is 63.2 Å². The first-order valence-corrected chi connectivity index (χ1v) is 13.3. The monoisotopic (exact) mass is 508 g/mol. The van der Waals surface area contributed by atoms with Crippen molar-refractivity contribution >= 4 is 73.4 Å². The van der Waals surface area contributed by atoms with Crippen LogP contribution in [0.4, 0.5) is 0 Å². The molecule has 0 amide bonds. The minimum Gasteiger partial charge on any atom is -0.508 e. The maximum absolute atomic E-state index is 12.3. The molecule has 0 aliphatic rings. The van der Waals surface area contributed by atoms with E-state index >= 15 is 0 Å². The molecule has 0 bridgehead atoms. The minimum atomic E-state index is -5.10. The van der Waals surface area contributed by atoms with Crippen LogP contribution in [0.3, 0.4) is 0 Å². The molecule has 0 aliphatic heterocycles. The standard InChI is InChI=1S/C20H12O10S3/c21-10-6-9-2-1-3-12-17(9)13(7-10)19-14(31(22,23)24)5-4-11-15(32(25,26)27)8-16(33(28,29)30)18(12)20(11)19/h1-8,21H,(H,22,23,24)(H,25,26,27)(H,28,29,30). The Morgan fingerprint density at radius 2 is 1.12 bits per heavy atom. The van der Waals surface area contributed by atoms with Gasteiger partial charge >= 0.3 is 0 Å². The van der Waals surface area contributed by atoms with Crippen molar-refractivity contribution in [3.63, 3.8) is 0 Å². The van der Waals surface area contributed by atoms with Crippen LogP contribution in [0, 0.1) is 0 Å². The molecule has 170 valence electrons. The van der Waals surface area contributed by atoms with Gasteiger partial charge in [-0.15, -0.1) is 0 Å². The maximum Gasteiger partial charge on any atom is 0.295 e. The lowest BCUT2D eigenvalue weighted by Gasteiger charge is -2.19. The number of hydrogen-bond acceptors (Lipinski definition) is 7. The summed E-state index contributed by atoms with van der Waals surface area (Å²) in [4.78, 5) is -2.47. The predicted molar refractivity (Wildman–Crippen MR) is 119 cm³/mol. The van der Waals surface area contributed by atoms with Gasteiger partial charge in [-0.25, -0.2) is 0 Å². The van der Waals surface area contributed by atoms with Crippen LogP contribution in [0.2, 0.25) is 0 Å². The first-order valence-electron chi connectivity index (χ1n) is 9.02. The van der Waals surface area contributed by atoms with Crippen molar-refractivity contribution < 1.29 is 44.0 Å². The molecular weight excluding hydrogens is 496 g/mol. The minimum absolute atomic E-state index is 0.0695. The summed E-state index contributed by atoms with van der Waals surface area (Å²) in [7, 11) is -15.1. The van der Waals surface area contributed by atoms with Crippen molar-refractivity contribution in [1.29, 1.82) is 0 Å². The van der Waals surface area contributed by atoms with Crippen LogP contribution >= 0.6 is 0 Å². The first-order chi connectivity index (χ1) is 15.2. The molecule has 5 aromatic rings. The van der Waals surface area contributed by atoms with Gasteiger partial charge in [0.05, 0.1) is 0 Å². The largest absolute Gasteiger partial charge is 0.508 e. The van der Waals surface area contributed by atoms with Gasteiger partial charge in [-0.3, -0.25) is 13.7 Å². The van der Waals surface area contributed by atoms with Gasteiger partial charge in [-0.05, 0) is 45.8 Å². The maximum atomic E-state index is 12.3. The van der Waals surface area contributed by atoms with Crippen molar-refractivity contribution in [2.75, 3.05) is 0 Å². The molecule has 0 spiro atoms. The molecule has 0 atom stereocenters. The molecule has 13 heteroatoms. The van der Waals surface area contributed by atoms with E-state index in [9.17, 15) is 44.0 Å². The molecule has 0 unspecified atom stereocenters. The smallest absolute Gasteiger partial charge is 0.295 e. The number of phenols is 1. The van der Waals surface area contributed by atoms with Gasteiger partial charge in [0.1, 0.15) is 20.4 Å². The highest BCUT2D eigenvalue weighted by molar-refractivity contribution is 7.87. The zero-order chi connectivity index (χ0) is 24.1. The number of phenolic OH excluding ortho intramolecular Hbond substituents is 1. The number of hydrogen-bond donors (Lipinski definition) is 4. The van der Waals surface area contributed by atoms with Crippen molar-refractivity contribution in [2.24, 2.45) is 0 Å². The molecule has 10 nitrogen and oxygen atoms in total. The van der Waals surface area contributed by atoms with Gasteiger partial charge in [0.2, 0.25) is 0 Å². The molecule has 0 saturated heterocycles. The van der Waals surface area contributed by atoms with Crippen LogP contribution in [0.1, 0.15) is 0 Å². The molecule has 4 N–H and O–H groups in total. The third kappa shape index (κ3) is 3.13.